The maximum atomic E-state index is 12.7. The van der Waals surface area contributed by atoms with Gasteiger partial charge in [-0.2, -0.15) is 0 Å². The van der Waals surface area contributed by atoms with Gasteiger partial charge in [-0.25, -0.2) is 4.98 Å². The largest absolute Gasteiger partial charge is 0.378 e. The molecule has 1 aromatic heterocycles. The number of amides is 1. The van der Waals surface area contributed by atoms with Crippen LogP contribution in [0.15, 0.2) is 66.7 Å². The number of anilines is 1. The number of rotatable bonds is 6. The van der Waals surface area contributed by atoms with E-state index in [4.69, 9.17) is 4.74 Å². The second-order valence-electron chi connectivity index (χ2n) is 7.93. The summed E-state index contributed by atoms with van der Waals surface area (Å²) in [5, 5.41) is 15.4. The molecule has 1 N–H and O–H groups in total. The predicted octanol–water partition coefficient (Wildman–Crippen LogP) is 4.64. The highest BCUT2D eigenvalue weighted by molar-refractivity contribution is 7.21. The van der Waals surface area contributed by atoms with Crippen LogP contribution >= 0.6 is 11.3 Å². The Hall–Kier alpha value is -3.82. The van der Waals surface area contributed by atoms with Gasteiger partial charge in [-0.1, -0.05) is 36.4 Å². The lowest BCUT2D eigenvalue weighted by Gasteiger charge is -2.28. The van der Waals surface area contributed by atoms with Crippen LogP contribution < -0.4 is 10.2 Å². The van der Waals surface area contributed by atoms with Gasteiger partial charge in [0.2, 0.25) is 0 Å². The number of nitro groups is 1. The van der Waals surface area contributed by atoms with E-state index in [-0.39, 0.29) is 17.2 Å². The maximum Gasteiger partial charge on any atom is 0.293 e. The van der Waals surface area contributed by atoms with Gasteiger partial charge in [0.15, 0.2) is 0 Å². The van der Waals surface area contributed by atoms with Crippen LogP contribution in [0.1, 0.15) is 15.9 Å². The first kappa shape index (κ1) is 22.0. The topological polar surface area (TPSA) is 97.6 Å². The fraction of sp³-hybridized carbons (Fsp3) is 0.200. The molecule has 172 valence electrons. The number of carbonyl (C=O) groups excluding carboxylic acids is 1. The van der Waals surface area contributed by atoms with E-state index in [2.05, 4.69) is 16.4 Å². The number of benzene rings is 3. The van der Waals surface area contributed by atoms with Gasteiger partial charge in [0.25, 0.3) is 11.6 Å². The summed E-state index contributed by atoms with van der Waals surface area (Å²) in [5.74, 6) is -0.355. The normalized spacial score (nSPS) is 13.7. The summed E-state index contributed by atoms with van der Waals surface area (Å²) in [6.07, 6.45) is 0. The molecule has 1 saturated heterocycles. The summed E-state index contributed by atoms with van der Waals surface area (Å²) in [6.45, 7) is 2.53. The number of aromatic nitrogens is 1. The first-order valence-electron chi connectivity index (χ1n) is 10.9. The standard InChI is InChI=1S/C25H22N4O4S/c30-24(19-9-10-21(22(15-19)29(31)32)28-11-13-33-14-12-28)26-16-17-5-7-18(8-6-17)25-27-20-3-1-2-4-23(20)34-25/h1-10,15H,11-14,16H2,(H,26,30). The van der Waals surface area contributed by atoms with Crippen molar-refractivity contribution in [3.63, 3.8) is 0 Å². The quantitative estimate of drug-likeness (QED) is 0.323. The van der Waals surface area contributed by atoms with E-state index in [0.29, 0.717) is 38.5 Å². The van der Waals surface area contributed by atoms with Crippen LogP contribution in [0.3, 0.4) is 0 Å². The Balaban J connectivity index is 1.26. The Kier molecular flexibility index (Phi) is 6.20. The van der Waals surface area contributed by atoms with E-state index in [1.165, 1.54) is 6.07 Å². The highest BCUT2D eigenvalue weighted by Crippen LogP contribution is 2.31. The third-order valence-electron chi connectivity index (χ3n) is 5.73. The maximum absolute atomic E-state index is 12.7. The Morgan fingerprint density at radius 1 is 1.09 bits per heavy atom. The molecule has 1 amide bonds. The fourth-order valence-electron chi connectivity index (χ4n) is 3.93. The first-order valence-corrected chi connectivity index (χ1v) is 11.7. The molecular formula is C25H22N4O4S. The molecule has 5 rings (SSSR count). The second-order valence-corrected chi connectivity index (χ2v) is 8.96. The number of morpholine rings is 1. The van der Waals surface area contributed by atoms with Crippen molar-refractivity contribution in [2.75, 3.05) is 31.2 Å². The van der Waals surface area contributed by atoms with Gasteiger partial charge in [0, 0.05) is 36.8 Å². The zero-order valence-electron chi connectivity index (χ0n) is 18.3. The molecule has 0 saturated carbocycles. The molecule has 9 heteroatoms. The van der Waals surface area contributed by atoms with E-state index < -0.39 is 4.92 Å². The lowest BCUT2D eigenvalue weighted by atomic mass is 10.1. The van der Waals surface area contributed by atoms with Gasteiger partial charge in [-0.05, 0) is 29.8 Å². The third kappa shape index (κ3) is 4.61. The van der Waals surface area contributed by atoms with Crippen LogP contribution in [-0.2, 0) is 11.3 Å². The van der Waals surface area contributed by atoms with Crippen molar-refractivity contribution >= 4 is 38.8 Å². The number of hydrogen-bond donors (Lipinski definition) is 1. The highest BCUT2D eigenvalue weighted by atomic mass is 32.1. The van der Waals surface area contributed by atoms with E-state index in [1.807, 2.05) is 47.4 Å². The molecule has 0 unspecified atom stereocenters. The molecule has 0 atom stereocenters. The molecule has 0 radical (unpaired) electrons. The van der Waals surface area contributed by atoms with Crippen molar-refractivity contribution < 1.29 is 14.5 Å². The number of thiazole rings is 1. The molecule has 1 aliphatic heterocycles. The number of fused-ring (bicyclic) bond motifs is 1. The number of hydrogen-bond acceptors (Lipinski definition) is 7. The summed E-state index contributed by atoms with van der Waals surface area (Å²) < 4.78 is 6.47. The Morgan fingerprint density at radius 2 is 1.85 bits per heavy atom. The third-order valence-corrected chi connectivity index (χ3v) is 6.82. The number of para-hydroxylation sites is 1. The highest BCUT2D eigenvalue weighted by Gasteiger charge is 2.23. The van der Waals surface area contributed by atoms with Gasteiger partial charge >= 0.3 is 0 Å². The Labute approximate surface area is 200 Å². The summed E-state index contributed by atoms with van der Waals surface area (Å²) in [4.78, 5) is 30.5. The van der Waals surface area contributed by atoms with E-state index in [9.17, 15) is 14.9 Å². The van der Waals surface area contributed by atoms with Gasteiger partial charge in [-0.15, -0.1) is 11.3 Å². The average Bonchev–Trinajstić information content (AvgIpc) is 3.32. The van der Waals surface area contributed by atoms with Crippen LogP contribution in [0.2, 0.25) is 0 Å². The summed E-state index contributed by atoms with van der Waals surface area (Å²) in [6, 6.07) is 20.5. The van der Waals surface area contributed by atoms with Gasteiger partial charge < -0.3 is 15.0 Å². The van der Waals surface area contributed by atoms with Crippen LogP contribution in [-0.4, -0.2) is 42.1 Å². The number of carbonyl (C=O) groups is 1. The van der Waals surface area contributed by atoms with Crippen LogP contribution in [0.5, 0.6) is 0 Å². The van der Waals surface area contributed by atoms with Crippen molar-refractivity contribution in [1.82, 2.24) is 10.3 Å². The minimum atomic E-state index is -0.442. The van der Waals surface area contributed by atoms with E-state index in [1.54, 1.807) is 23.5 Å². The van der Waals surface area contributed by atoms with Crippen molar-refractivity contribution in [2.45, 2.75) is 6.54 Å². The van der Waals surface area contributed by atoms with Gasteiger partial charge in [0.05, 0.1) is 28.4 Å². The van der Waals surface area contributed by atoms with E-state index in [0.717, 1.165) is 26.4 Å². The molecule has 0 spiro atoms. The predicted molar refractivity (Wildman–Crippen MR) is 132 cm³/mol. The molecular weight excluding hydrogens is 452 g/mol. The second kappa shape index (κ2) is 9.58. The minimum Gasteiger partial charge on any atom is -0.378 e. The smallest absolute Gasteiger partial charge is 0.293 e. The molecule has 3 aromatic carbocycles. The molecule has 4 aromatic rings. The average molecular weight is 475 g/mol. The zero-order valence-corrected chi connectivity index (χ0v) is 19.1. The lowest BCUT2D eigenvalue weighted by Crippen LogP contribution is -2.36. The molecule has 34 heavy (non-hydrogen) atoms. The number of nitro benzene ring substituents is 1. The molecule has 0 bridgehead atoms. The Morgan fingerprint density at radius 3 is 2.59 bits per heavy atom. The molecule has 1 fully saturated rings. The molecule has 8 nitrogen and oxygen atoms in total. The van der Waals surface area contributed by atoms with Gasteiger partial charge in [-0.3, -0.25) is 14.9 Å². The van der Waals surface area contributed by atoms with Crippen LogP contribution in [0, 0.1) is 10.1 Å². The zero-order chi connectivity index (χ0) is 23.5. The van der Waals surface area contributed by atoms with Crippen molar-refractivity contribution in [2.24, 2.45) is 0 Å². The van der Waals surface area contributed by atoms with Crippen molar-refractivity contribution in [3.8, 4) is 10.6 Å². The van der Waals surface area contributed by atoms with Gasteiger partial charge in [0.1, 0.15) is 10.7 Å². The van der Waals surface area contributed by atoms with Crippen molar-refractivity contribution in [1.29, 1.82) is 0 Å². The van der Waals surface area contributed by atoms with Crippen LogP contribution in [0.4, 0.5) is 11.4 Å². The monoisotopic (exact) mass is 474 g/mol. The Bertz CT molecular complexity index is 1310. The first-order chi connectivity index (χ1) is 16.6. The van der Waals surface area contributed by atoms with Crippen LogP contribution in [0.25, 0.3) is 20.8 Å². The molecule has 2 heterocycles. The summed E-state index contributed by atoms with van der Waals surface area (Å²) in [5.41, 5.74) is 3.62. The molecule has 1 aliphatic rings. The summed E-state index contributed by atoms with van der Waals surface area (Å²) in [7, 11) is 0. The molecule has 0 aliphatic carbocycles. The number of ether oxygens (including phenoxy) is 1. The number of nitrogens with one attached hydrogen (secondary N) is 1. The lowest BCUT2D eigenvalue weighted by molar-refractivity contribution is -0.384. The minimum absolute atomic E-state index is 0.0743. The SMILES string of the molecule is O=C(NCc1ccc(-c2nc3ccccc3s2)cc1)c1ccc(N2CCOCC2)c([N+](=O)[O-])c1. The van der Waals surface area contributed by atoms with Crippen molar-refractivity contribution in [3.05, 3.63) is 88.0 Å². The van der Waals surface area contributed by atoms with E-state index >= 15 is 0 Å². The number of nitrogens with zero attached hydrogens (tertiary/aromatic N) is 3. The fourth-order valence-corrected chi connectivity index (χ4v) is 4.90. The summed E-state index contributed by atoms with van der Waals surface area (Å²) >= 11 is 1.64.